The maximum atomic E-state index is 13.1. The zero-order valence-electron chi connectivity index (χ0n) is 16.9. The van der Waals surface area contributed by atoms with E-state index in [1.807, 2.05) is 55.5 Å². The van der Waals surface area contributed by atoms with E-state index < -0.39 is 6.17 Å². The minimum Gasteiger partial charge on any atom is -0.490 e. The Hall–Kier alpha value is -2.80. The van der Waals surface area contributed by atoms with Crippen LogP contribution in [0.3, 0.4) is 0 Å². The van der Waals surface area contributed by atoms with Crippen molar-refractivity contribution in [1.82, 2.24) is 10.3 Å². The Balaban J connectivity index is 1.65. The van der Waals surface area contributed by atoms with E-state index in [1.165, 1.54) is 24.6 Å². The van der Waals surface area contributed by atoms with Crippen molar-refractivity contribution in [2.45, 2.75) is 44.9 Å². The second-order valence-electron chi connectivity index (χ2n) is 7.57. The fourth-order valence-electron chi connectivity index (χ4n) is 4.22. The molecular formula is C23H24N4O2S. The summed E-state index contributed by atoms with van der Waals surface area (Å²) in [5.74, 6) is 1.49. The molecule has 30 heavy (non-hydrogen) atoms. The van der Waals surface area contributed by atoms with Crippen LogP contribution in [0.15, 0.2) is 58.6 Å². The summed E-state index contributed by atoms with van der Waals surface area (Å²) < 4.78 is 6.38. The minimum atomic E-state index is -0.453. The van der Waals surface area contributed by atoms with Crippen molar-refractivity contribution in [2.24, 2.45) is 10.1 Å². The van der Waals surface area contributed by atoms with Crippen molar-refractivity contribution >= 4 is 28.5 Å². The fraction of sp³-hybridized carbons (Fsp3) is 0.348. The van der Waals surface area contributed by atoms with Crippen LogP contribution < -0.4 is 20.6 Å². The molecule has 0 saturated heterocycles. The van der Waals surface area contributed by atoms with Crippen LogP contribution in [-0.2, 0) is 4.79 Å². The number of carbonyl (C=O) groups excluding carboxylic acids is 1. The molecule has 7 heteroatoms. The largest absolute Gasteiger partial charge is 0.490 e. The highest BCUT2D eigenvalue weighted by molar-refractivity contribution is 8.13. The third-order valence-corrected chi connectivity index (χ3v) is 6.34. The lowest BCUT2D eigenvalue weighted by Gasteiger charge is -2.34. The second-order valence-corrected chi connectivity index (χ2v) is 8.82. The molecule has 1 amide bonds. The molecule has 0 unspecified atom stereocenters. The number of benzene rings is 2. The van der Waals surface area contributed by atoms with Crippen molar-refractivity contribution in [3.8, 4) is 5.75 Å². The van der Waals surface area contributed by atoms with Gasteiger partial charge in [0.15, 0.2) is 11.3 Å². The van der Waals surface area contributed by atoms with E-state index in [0.717, 1.165) is 40.5 Å². The van der Waals surface area contributed by atoms with Crippen LogP contribution in [0.4, 0.5) is 0 Å². The van der Waals surface area contributed by atoms with Gasteiger partial charge in [-0.3, -0.25) is 15.1 Å². The number of para-hydroxylation sites is 2. The van der Waals surface area contributed by atoms with E-state index in [-0.39, 0.29) is 12.0 Å². The van der Waals surface area contributed by atoms with Crippen molar-refractivity contribution in [1.29, 1.82) is 0 Å². The van der Waals surface area contributed by atoms with Gasteiger partial charge in [-0.2, -0.15) is 0 Å². The Labute approximate surface area is 179 Å². The number of ether oxygens (including phenoxy) is 1. The molecule has 1 saturated carbocycles. The molecule has 1 fully saturated rings. The summed E-state index contributed by atoms with van der Waals surface area (Å²) in [7, 11) is 0. The molecule has 2 heterocycles. The van der Waals surface area contributed by atoms with E-state index >= 15 is 0 Å². The first-order valence-corrected chi connectivity index (χ1v) is 11.5. The van der Waals surface area contributed by atoms with E-state index in [2.05, 4.69) is 5.32 Å². The number of amides is 1. The first kappa shape index (κ1) is 19.2. The molecule has 154 valence electrons. The summed E-state index contributed by atoms with van der Waals surface area (Å²) in [5.41, 5.74) is 1.46. The standard InChI is InChI=1S/C23H24N4O2S/c1-2-30-23-25-22(28)20-16-11-5-7-13-18(16)24-21(27(20)26-23)17-12-6-8-14-19(17)29-15-9-3-4-10-15/h5-8,11-15,21H,2-4,9-10H2,1H3,(H,25,26,28)/t21-/m0/s1. The fourth-order valence-corrected chi connectivity index (χ4v) is 4.80. The van der Waals surface area contributed by atoms with E-state index in [9.17, 15) is 4.79 Å². The van der Waals surface area contributed by atoms with Gasteiger partial charge in [0.2, 0.25) is 0 Å². The van der Waals surface area contributed by atoms with Gasteiger partial charge in [-0.05, 0) is 43.6 Å². The lowest BCUT2D eigenvalue weighted by Crippen LogP contribution is -2.50. The maximum Gasteiger partial charge on any atom is 0.276 e. The highest BCUT2D eigenvalue weighted by Crippen LogP contribution is 2.37. The number of nitrogens with one attached hydrogen (secondary N) is 1. The lowest BCUT2D eigenvalue weighted by atomic mass is 10.1. The molecule has 2 aromatic carbocycles. The van der Waals surface area contributed by atoms with Crippen molar-refractivity contribution in [2.75, 3.05) is 5.75 Å². The molecule has 1 atom stereocenters. The molecule has 1 N–H and O–H groups in total. The Kier molecular flexibility index (Phi) is 5.21. The average Bonchev–Trinajstić information content (AvgIpc) is 3.27. The first-order chi connectivity index (χ1) is 14.7. The smallest absolute Gasteiger partial charge is 0.276 e. The number of hydrogen-bond donors (Lipinski definition) is 1. The minimum absolute atomic E-state index is 0.150. The van der Waals surface area contributed by atoms with Crippen molar-refractivity contribution in [3.05, 3.63) is 64.7 Å². The Morgan fingerprint density at radius 2 is 1.90 bits per heavy atom. The molecule has 0 aromatic heterocycles. The summed E-state index contributed by atoms with van der Waals surface area (Å²) in [6, 6.07) is 15.7. The van der Waals surface area contributed by atoms with Gasteiger partial charge < -0.3 is 4.74 Å². The number of hydrogen-bond acceptors (Lipinski definition) is 6. The van der Waals surface area contributed by atoms with Gasteiger partial charge in [-0.15, -0.1) is 5.10 Å². The highest BCUT2D eigenvalue weighted by Gasteiger charge is 2.35. The van der Waals surface area contributed by atoms with Crippen molar-refractivity contribution in [3.63, 3.8) is 0 Å². The topological polar surface area (TPSA) is 66.3 Å². The number of thioether (sulfide) groups is 1. The first-order valence-electron chi connectivity index (χ1n) is 10.5. The maximum absolute atomic E-state index is 13.1. The summed E-state index contributed by atoms with van der Waals surface area (Å²) in [6.07, 6.45) is 4.37. The zero-order valence-corrected chi connectivity index (χ0v) is 17.7. The lowest BCUT2D eigenvalue weighted by molar-refractivity contribution is -0.116. The molecule has 2 aromatic rings. The Bertz CT molecular complexity index is 1120. The monoisotopic (exact) mass is 420 g/mol. The predicted octanol–water partition coefficient (Wildman–Crippen LogP) is 2.90. The number of hydrazone groups is 1. The number of nitrogens with zero attached hydrogens (tertiary/aromatic N) is 3. The third-order valence-electron chi connectivity index (χ3n) is 5.59. The number of carbonyl (C=O) groups is 1. The summed E-state index contributed by atoms with van der Waals surface area (Å²) in [6.45, 7) is 2.04. The number of fused-ring (bicyclic) bond motifs is 2. The SMILES string of the molecule is CCSC1=NN2C(=c3ccccc3=N[C@@H]2c2ccccc2OC2CCCC2)C(=O)N1. The molecule has 6 nitrogen and oxygen atoms in total. The molecule has 0 bridgehead atoms. The predicted molar refractivity (Wildman–Crippen MR) is 118 cm³/mol. The Morgan fingerprint density at radius 1 is 1.13 bits per heavy atom. The molecule has 0 spiro atoms. The Morgan fingerprint density at radius 3 is 2.73 bits per heavy atom. The zero-order chi connectivity index (χ0) is 20.5. The van der Waals surface area contributed by atoms with Crippen LogP contribution in [0.1, 0.15) is 44.3 Å². The third kappa shape index (κ3) is 3.47. The molecular weight excluding hydrogens is 396 g/mol. The summed E-state index contributed by atoms with van der Waals surface area (Å²) >= 11 is 1.51. The summed E-state index contributed by atoms with van der Waals surface area (Å²) in [4.78, 5) is 18.1. The van der Waals surface area contributed by atoms with Gasteiger partial charge in [0.05, 0.1) is 11.5 Å². The van der Waals surface area contributed by atoms with Gasteiger partial charge in [0.25, 0.3) is 5.91 Å². The molecule has 0 radical (unpaired) electrons. The van der Waals surface area contributed by atoms with Crippen LogP contribution in [0, 0.1) is 0 Å². The second kappa shape index (κ2) is 8.14. The molecule has 3 aliphatic rings. The quantitative estimate of drug-likeness (QED) is 0.826. The summed E-state index contributed by atoms with van der Waals surface area (Å²) in [5, 5.41) is 11.6. The van der Waals surface area contributed by atoms with E-state index in [0.29, 0.717) is 10.9 Å². The normalized spacial score (nSPS) is 20.8. The molecule has 2 aliphatic heterocycles. The van der Waals surface area contributed by atoms with Crippen LogP contribution in [0.2, 0.25) is 0 Å². The van der Waals surface area contributed by atoms with Crippen LogP contribution in [0.5, 0.6) is 5.75 Å². The average molecular weight is 421 g/mol. The van der Waals surface area contributed by atoms with Gasteiger partial charge in [0.1, 0.15) is 11.4 Å². The van der Waals surface area contributed by atoms with E-state index in [4.69, 9.17) is 14.8 Å². The van der Waals surface area contributed by atoms with Crippen molar-refractivity contribution < 1.29 is 9.53 Å². The van der Waals surface area contributed by atoms with Crippen LogP contribution >= 0.6 is 11.8 Å². The van der Waals surface area contributed by atoms with Gasteiger partial charge >= 0.3 is 0 Å². The van der Waals surface area contributed by atoms with Gasteiger partial charge in [-0.25, -0.2) is 5.01 Å². The van der Waals surface area contributed by atoms with Crippen LogP contribution in [-0.4, -0.2) is 27.9 Å². The van der Waals surface area contributed by atoms with Gasteiger partial charge in [-0.1, -0.05) is 55.1 Å². The molecule has 5 rings (SSSR count). The van der Waals surface area contributed by atoms with Crippen LogP contribution in [0.25, 0.3) is 5.70 Å². The van der Waals surface area contributed by atoms with Gasteiger partial charge in [0, 0.05) is 10.8 Å². The van der Waals surface area contributed by atoms with E-state index in [1.54, 1.807) is 5.01 Å². The number of rotatable bonds is 4. The number of amidine groups is 1. The molecule has 1 aliphatic carbocycles. The highest BCUT2D eigenvalue weighted by atomic mass is 32.2.